The van der Waals surface area contributed by atoms with E-state index in [-0.39, 0.29) is 11.4 Å². The van der Waals surface area contributed by atoms with Gasteiger partial charge in [-0.1, -0.05) is 37.9 Å². The first kappa shape index (κ1) is 14.7. The molecule has 0 bridgehead atoms. The third-order valence-electron chi connectivity index (χ3n) is 2.97. The van der Waals surface area contributed by atoms with E-state index in [1.807, 2.05) is 46.0 Å². The van der Waals surface area contributed by atoms with Gasteiger partial charge in [-0.05, 0) is 38.5 Å². The summed E-state index contributed by atoms with van der Waals surface area (Å²) in [6.45, 7) is 6.02. The van der Waals surface area contributed by atoms with Crippen LogP contribution in [0, 0.1) is 6.92 Å². The van der Waals surface area contributed by atoms with Crippen molar-refractivity contribution in [3.05, 3.63) is 33.8 Å². The Labute approximate surface area is 120 Å². The summed E-state index contributed by atoms with van der Waals surface area (Å²) in [6, 6.07) is 5.77. The van der Waals surface area contributed by atoms with E-state index in [1.165, 1.54) is 0 Å². The van der Waals surface area contributed by atoms with Gasteiger partial charge in [-0.25, -0.2) is 0 Å². The molecule has 0 heterocycles. The summed E-state index contributed by atoms with van der Waals surface area (Å²) in [5, 5.41) is 0.745. The lowest BCUT2D eigenvalue weighted by molar-refractivity contribution is 0.0663. The summed E-state index contributed by atoms with van der Waals surface area (Å²) in [6.07, 6.45) is 0. The molecule has 0 N–H and O–H groups in total. The van der Waals surface area contributed by atoms with Crippen molar-refractivity contribution in [2.75, 3.05) is 12.4 Å². The largest absolute Gasteiger partial charge is 0.336 e. The van der Waals surface area contributed by atoms with Crippen molar-refractivity contribution in [2.24, 2.45) is 0 Å². The number of carbonyl (C=O) groups is 1. The van der Waals surface area contributed by atoms with Gasteiger partial charge < -0.3 is 4.90 Å². The van der Waals surface area contributed by atoms with Gasteiger partial charge in [0.25, 0.3) is 5.91 Å². The van der Waals surface area contributed by atoms with Crippen molar-refractivity contribution in [3.63, 3.8) is 0 Å². The van der Waals surface area contributed by atoms with Crippen LogP contribution in [0.3, 0.4) is 0 Å². The quantitative estimate of drug-likeness (QED) is 0.744. The van der Waals surface area contributed by atoms with Crippen LogP contribution in [0.4, 0.5) is 0 Å². The number of aryl methyl sites for hydroxylation is 1. The fourth-order valence-corrected chi connectivity index (χ4v) is 2.11. The second-order valence-electron chi connectivity index (χ2n) is 4.77. The lowest BCUT2D eigenvalue weighted by atomic mass is 10.0. The highest BCUT2D eigenvalue weighted by Gasteiger charge is 2.27. The SMILES string of the molecule is Cc1ccc(Br)cc1C(=O)N(C)C(C)(C)CBr. The minimum Gasteiger partial charge on any atom is -0.336 e. The average molecular weight is 363 g/mol. The maximum absolute atomic E-state index is 12.4. The number of nitrogens with zero attached hydrogens (tertiary/aromatic N) is 1. The number of halogens is 2. The monoisotopic (exact) mass is 361 g/mol. The molecule has 0 fully saturated rings. The molecule has 1 rings (SSSR count). The van der Waals surface area contributed by atoms with E-state index in [0.717, 1.165) is 20.9 Å². The molecule has 1 aromatic carbocycles. The molecule has 0 aliphatic heterocycles. The summed E-state index contributed by atoms with van der Waals surface area (Å²) < 4.78 is 0.927. The Morgan fingerprint density at radius 1 is 1.41 bits per heavy atom. The minimum absolute atomic E-state index is 0.0493. The first-order chi connectivity index (χ1) is 7.79. The molecule has 1 aromatic rings. The highest BCUT2D eigenvalue weighted by Crippen LogP contribution is 2.22. The van der Waals surface area contributed by atoms with Gasteiger partial charge in [0.2, 0.25) is 0 Å². The Morgan fingerprint density at radius 3 is 2.53 bits per heavy atom. The Kier molecular flexibility index (Phi) is 4.78. The van der Waals surface area contributed by atoms with Gasteiger partial charge in [0.05, 0.1) is 0 Å². The molecule has 0 aromatic heterocycles. The van der Waals surface area contributed by atoms with Crippen molar-refractivity contribution >= 4 is 37.8 Å². The number of hydrogen-bond donors (Lipinski definition) is 0. The fourth-order valence-electron chi connectivity index (χ4n) is 1.37. The van der Waals surface area contributed by atoms with E-state index < -0.39 is 0 Å². The van der Waals surface area contributed by atoms with E-state index in [0.29, 0.717) is 0 Å². The predicted molar refractivity (Wildman–Crippen MR) is 78.8 cm³/mol. The zero-order chi connectivity index (χ0) is 13.2. The van der Waals surface area contributed by atoms with E-state index in [4.69, 9.17) is 0 Å². The van der Waals surface area contributed by atoms with Crippen molar-refractivity contribution in [3.8, 4) is 0 Å². The smallest absolute Gasteiger partial charge is 0.254 e. The van der Waals surface area contributed by atoms with Crippen LogP contribution >= 0.6 is 31.9 Å². The van der Waals surface area contributed by atoms with Crippen LogP contribution in [0.5, 0.6) is 0 Å². The average Bonchev–Trinajstić information content (AvgIpc) is 2.30. The highest BCUT2D eigenvalue weighted by atomic mass is 79.9. The van der Waals surface area contributed by atoms with Crippen molar-refractivity contribution in [2.45, 2.75) is 26.3 Å². The predicted octanol–water partition coefficient (Wildman–Crippen LogP) is 4.00. The van der Waals surface area contributed by atoms with Crippen LogP contribution in [0.1, 0.15) is 29.8 Å². The van der Waals surface area contributed by atoms with E-state index in [9.17, 15) is 4.79 Å². The molecule has 0 spiro atoms. The van der Waals surface area contributed by atoms with Crippen LogP contribution < -0.4 is 0 Å². The molecular formula is C13H17Br2NO. The Balaban J connectivity index is 3.08. The zero-order valence-corrected chi connectivity index (χ0v) is 13.7. The van der Waals surface area contributed by atoms with E-state index >= 15 is 0 Å². The normalized spacial score (nSPS) is 11.4. The number of rotatable bonds is 3. The number of carbonyl (C=O) groups excluding carboxylic acids is 1. The molecule has 0 aliphatic carbocycles. The topological polar surface area (TPSA) is 20.3 Å². The summed E-state index contributed by atoms with van der Waals surface area (Å²) in [4.78, 5) is 14.2. The molecule has 94 valence electrons. The third-order valence-corrected chi connectivity index (χ3v) is 4.84. The summed E-state index contributed by atoms with van der Waals surface area (Å²) >= 11 is 6.84. The molecule has 1 amide bonds. The molecule has 17 heavy (non-hydrogen) atoms. The maximum Gasteiger partial charge on any atom is 0.254 e. The van der Waals surface area contributed by atoms with Gasteiger partial charge in [0.1, 0.15) is 0 Å². The van der Waals surface area contributed by atoms with Gasteiger partial charge in [0, 0.05) is 28.0 Å². The van der Waals surface area contributed by atoms with Gasteiger partial charge in [-0.3, -0.25) is 4.79 Å². The lowest BCUT2D eigenvalue weighted by Gasteiger charge is -2.34. The third kappa shape index (κ3) is 3.32. The van der Waals surface area contributed by atoms with E-state index in [2.05, 4.69) is 31.9 Å². The molecule has 0 saturated heterocycles. The number of alkyl halides is 1. The lowest BCUT2D eigenvalue weighted by Crippen LogP contribution is -2.46. The molecule has 2 nitrogen and oxygen atoms in total. The van der Waals surface area contributed by atoms with Crippen molar-refractivity contribution in [1.29, 1.82) is 0 Å². The van der Waals surface area contributed by atoms with E-state index in [1.54, 1.807) is 4.90 Å². The van der Waals surface area contributed by atoms with Crippen molar-refractivity contribution < 1.29 is 4.79 Å². The molecule has 0 saturated carbocycles. The molecule has 0 unspecified atom stereocenters. The molecule has 0 aliphatic rings. The van der Waals surface area contributed by atoms with Crippen LogP contribution in [-0.2, 0) is 0 Å². The molecule has 0 atom stereocenters. The number of benzene rings is 1. The standard InChI is InChI=1S/C13H17Br2NO/c1-9-5-6-10(15)7-11(9)12(17)16(4)13(2,3)8-14/h5-7H,8H2,1-4H3. The number of hydrogen-bond acceptors (Lipinski definition) is 1. The molecule has 4 heteroatoms. The molecule has 0 radical (unpaired) electrons. The second-order valence-corrected chi connectivity index (χ2v) is 6.25. The Bertz CT molecular complexity index is 429. The van der Waals surface area contributed by atoms with Gasteiger partial charge in [-0.2, -0.15) is 0 Å². The second kappa shape index (κ2) is 5.53. The summed E-state index contributed by atoms with van der Waals surface area (Å²) in [5.74, 6) is 0.0493. The summed E-state index contributed by atoms with van der Waals surface area (Å²) in [7, 11) is 1.84. The van der Waals surface area contributed by atoms with Gasteiger partial charge in [0.15, 0.2) is 0 Å². The van der Waals surface area contributed by atoms with Crippen LogP contribution in [0.2, 0.25) is 0 Å². The maximum atomic E-state index is 12.4. The summed E-state index contributed by atoms with van der Waals surface area (Å²) in [5.41, 5.74) is 1.54. The molecular weight excluding hydrogens is 346 g/mol. The Hall–Kier alpha value is -0.350. The highest BCUT2D eigenvalue weighted by molar-refractivity contribution is 9.10. The first-order valence-corrected chi connectivity index (χ1v) is 7.31. The van der Waals surface area contributed by atoms with Gasteiger partial charge >= 0.3 is 0 Å². The fraction of sp³-hybridized carbons (Fsp3) is 0.462. The minimum atomic E-state index is -0.203. The van der Waals surface area contributed by atoms with Gasteiger partial charge in [-0.15, -0.1) is 0 Å². The van der Waals surface area contributed by atoms with Crippen LogP contribution in [0.15, 0.2) is 22.7 Å². The van der Waals surface area contributed by atoms with Crippen LogP contribution in [-0.4, -0.2) is 28.7 Å². The van der Waals surface area contributed by atoms with Crippen molar-refractivity contribution in [1.82, 2.24) is 4.90 Å². The first-order valence-electron chi connectivity index (χ1n) is 5.40. The number of amides is 1. The Morgan fingerprint density at radius 2 is 2.00 bits per heavy atom. The van der Waals surface area contributed by atoms with Crippen LogP contribution in [0.25, 0.3) is 0 Å². The zero-order valence-electron chi connectivity index (χ0n) is 10.6.